The minimum Gasteiger partial charge on any atom is -0.454 e. The lowest BCUT2D eigenvalue weighted by molar-refractivity contribution is 0.174. The Hall–Kier alpha value is -2.69. The largest absolute Gasteiger partial charge is 0.454 e. The average molecular weight is 323 g/mol. The molecule has 0 saturated carbocycles. The number of anilines is 1. The normalized spacial score (nSPS) is 15.5. The molecule has 5 nitrogen and oxygen atoms in total. The number of benzene rings is 2. The van der Waals surface area contributed by atoms with E-state index in [1.807, 2.05) is 13.1 Å². The number of hydrogen-bond donors (Lipinski definition) is 1. The summed E-state index contributed by atoms with van der Waals surface area (Å²) in [6.45, 7) is 2.12. The quantitative estimate of drug-likeness (QED) is 0.697. The number of guanidine groups is 1. The zero-order chi connectivity index (χ0) is 16.4. The van der Waals surface area contributed by atoms with Crippen molar-refractivity contribution < 1.29 is 9.47 Å². The highest BCUT2D eigenvalue weighted by molar-refractivity contribution is 5.97. The van der Waals surface area contributed by atoms with Crippen molar-refractivity contribution in [3.8, 4) is 11.5 Å². The van der Waals surface area contributed by atoms with Gasteiger partial charge in [-0.3, -0.25) is 4.99 Å². The van der Waals surface area contributed by atoms with Gasteiger partial charge in [0.2, 0.25) is 6.79 Å². The Balaban J connectivity index is 1.38. The number of ether oxygens (including phenoxy) is 2. The Morgan fingerprint density at radius 1 is 1.17 bits per heavy atom. The molecule has 5 heteroatoms. The molecule has 0 amide bonds. The van der Waals surface area contributed by atoms with Crippen LogP contribution in [0.2, 0.25) is 0 Å². The highest BCUT2D eigenvalue weighted by atomic mass is 16.7. The molecule has 0 saturated heterocycles. The van der Waals surface area contributed by atoms with E-state index in [1.165, 1.54) is 16.8 Å². The molecular formula is C19H21N3O2. The third kappa shape index (κ3) is 2.77. The molecule has 2 heterocycles. The van der Waals surface area contributed by atoms with Crippen LogP contribution in [0.5, 0.6) is 11.5 Å². The third-order valence-electron chi connectivity index (χ3n) is 4.49. The van der Waals surface area contributed by atoms with Gasteiger partial charge in [-0.2, -0.15) is 0 Å². The summed E-state index contributed by atoms with van der Waals surface area (Å²) in [6, 6.07) is 14.6. The van der Waals surface area contributed by atoms with Gasteiger partial charge in [0.25, 0.3) is 0 Å². The zero-order valence-corrected chi connectivity index (χ0v) is 13.8. The van der Waals surface area contributed by atoms with Crippen molar-refractivity contribution in [3.63, 3.8) is 0 Å². The van der Waals surface area contributed by atoms with Gasteiger partial charge in [0.15, 0.2) is 17.5 Å². The summed E-state index contributed by atoms with van der Waals surface area (Å²) in [5, 5.41) is 3.47. The summed E-state index contributed by atoms with van der Waals surface area (Å²) < 4.78 is 10.8. The van der Waals surface area contributed by atoms with Crippen molar-refractivity contribution in [2.75, 3.05) is 31.8 Å². The van der Waals surface area contributed by atoms with Crippen molar-refractivity contribution in [1.29, 1.82) is 0 Å². The SMILES string of the molecule is CN=C(NCCc1ccc2c(c1)OCO2)N1CCc2ccccc21. The van der Waals surface area contributed by atoms with Gasteiger partial charge in [-0.05, 0) is 42.2 Å². The fraction of sp³-hybridized carbons (Fsp3) is 0.316. The van der Waals surface area contributed by atoms with E-state index in [-0.39, 0.29) is 0 Å². The van der Waals surface area contributed by atoms with Gasteiger partial charge in [0, 0.05) is 25.8 Å². The lowest BCUT2D eigenvalue weighted by Crippen LogP contribution is -2.41. The van der Waals surface area contributed by atoms with E-state index in [4.69, 9.17) is 9.47 Å². The van der Waals surface area contributed by atoms with Gasteiger partial charge in [0.1, 0.15) is 0 Å². The molecule has 2 aromatic carbocycles. The Morgan fingerprint density at radius 2 is 2.04 bits per heavy atom. The maximum absolute atomic E-state index is 5.43. The highest BCUT2D eigenvalue weighted by Gasteiger charge is 2.22. The summed E-state index contributed by atoms with van der Waals surface area (Å²) in [6.07, 6.45) is 1.98. The summed E-state index contributed by atoms with van der Waals surface area (Å²) >= 11 is 0. The minimum atomic E-state index is 0.318. The van der Waals surface area contributed by atoms with Crippen LogP contribution in [0.3, 0.4) is 0 Å². The van der Waals surface area contributed by atoms with Crippen molar-refractivity contribution >= 4 is 11.6 Å². The van der Waals surface area contributed by atoms with Gasteiger partial charge in [-0.25, -0.2) is 0 Å². The molecular weight excluding hydrogens is 302 g/mol. The van der Waals surface area contributed by atoms with Crippen LogP contribution in [0.25, 0.3) is 0 Å². The number of nitrogens with zero attached hydrogens (tertiary/aromatic N) is 2. The fourth-order valence-corrected chi connectivity index (χ4v) is 3.27. The molecule has 0 radical (unpaired) electrons. The number of aliphatic imine (C=N–C) groups is 1. The molecule has 0 aromatic heterocycles. The van der Waals surface area contributed by atoms with E-state index in [9.17, 15) is 0 Å². The van der Waals surface area contributed by atoms with Crippen LogP contribution < -0.4 is 19.7 Å². The molecule has 0 spiro atoms. The second-order valence-electron chi connectivity index (χ2n) is 5.94. The number of rotatable bonds is 3. The molecule has 4 rings (SSSR count). The van der Waals surface area contributed by atoms with Crippen molar-refractivity contribution in [1.82, 2.24) is 5.32 Å². The zero-order valence-electron chi connectivity index (χ0n) is 13.8. The Kier molecular flexibility index (Phi) is 3.99. The van der Waals surface area contributed by atoms with Gasteiger partial charge in [-0.1, -0.05) is 24.3 Å². The van der Waals surface area contributed by atoms with E-state index in [0.717, 1.165) is 43.4 Å². The topological polar surface area (TPSA) is 46.1 Å². The fourth-order valence-electron chi connectivity index (χ4n) is 3.27. The third-order valence-corrected chi connectivity index (χ3v) is 4.49. The molecule has 124 valence electrons. The molecule has 0 unspecified atom stereocenters. The summed E-state index contributed by atoms with van der Waals surface area (Å²) in [5.41, 5.74) is 3.87. The Morgan fingerprint density at radius 3 is 2.96 bits per heavy atom. The predicted molar refractivity (Wildman–Crippen MR) is 95.1 cm³/mol. The second-order valence-corrected chi connectivity index (χ2v) is 5.94. The van der Waals surface area contributed by atoms with E-state index in [0.29, 0.717) is 6.79 Å². The van der Waals surface area contributed by atoms with E-state index in [2.05, 4.69) is 51.6 Å². The summed E-state index contributed by atoms with van der Waals surface area (Å²) in [4.78, 5) is 6.70. The van der Waals surface area contributed by atoms with Gasteiger partial charge < -0.3 is 19.7 Å². The highest BCUT2D eigenvalue weighted by Crippen LogP contribution is 2.32. The summed E-state index contributed by atoms with van der Waals surface area (Å²) in [7, 11) is 1.84. The Bertz CT molecular complexity index is 773. The lowest BCUT2D eigenvalue weighted by atomic mass is 10.1. The maximum atomic E-state index is 5.43. The van der Waals surface area contributed by atoms with Crippen LogP contribution in [0, 0.1) is 0 Å². The van der Waals surface area contributed by atoms with E-state index in [1.54, 1.807) is 0 Å². The summed E-state index contributed by atoms with van der Waals surface area (Å²) in [5.74, 6) is 2.60. The maximum Gasteiger partial charge on any atom is 0.231 e. The van der Waals surface area contributed by atoms with E-state index < -0.39 is 0 Å². The number of para-hydroxylation sites is 1. The van der Waals surface area contributed by atoms with Crippen LogP contribution in [0.4, 0.5) is 5.69 Å². The molecule has 0 aliphatic carbocycles. The number of hydrogen-bond acceptors (Lipinski definition) is 3. The van der Waals surface area contributed by atoms with Crippen molar-refractivity contribution in [2.45, 2.75) is 12.8 Å². The second kappa shape index (κ2) is 6.43. The van der Waals surface area contributed by atoms with Gasteiger partial charge in [-0.15, -0.1) is 0 Å². The molecule has 2 aliphatic heterocycles. The number of nitrogens with one attached hydrogen (secondary N) is 1. The molecule has 1 N–H and O–H groups in total. The first-order valence-electron chi connectivity index (χ1n) is 8.30. The Labute approximate surface area is 141 Å². The van der Waals surface area contributed by atoms with Crippen molar-refractivity contribution in [2.24, 2.45) is 4.99 Å². The van der Waals surface area contributed by atoms with Crippen LogP contribution >= 0.6 is 0 Å². The first-order valence-corrected chi connectivity index (χ1v) is 8.30. The monoisotopic (exact) mass is 323 g/mol. The van der Waals surface area contributed by atoms with Crippen LogP contribution in [0.15, 0.2) is 47.5 Å². The van der Waals surface area contributed by atoms with E-state index >= 15 is 0 Å². The molecule has 0 atom stereocenters. The van der Waals surface area contributed by atoms with Crippen LogP contribution in [0.1, 0.15) is 11.1 Å². The lowest BCUT2D eigenvalue weighted by Gasteiger charge is -2.22. The molecule has 2 aromatic rings. The molecule has 24 heavy (non-hydrogen) atoms. The predicted octanol–water partition coefficient (Wildman–Crippen LogP) is 2.60. The van der Waals surface area contributed by atoms with Crippen LogP contribution in [-0.4, -0.2) is 32.9 Å². The van der Waals surface area contributed by atoms with Gasteiger partial charge in [0.05, 0.1) is 0 Å². The average Bonchev–Trinajstić information content (AvgIpc) is 3.25. The first kappa shape index (κ1) is 14.9. The molecule has 0 bridgehead atoms. The minimum absolute atomic E-state index is 0.318. The standard InChI is InChI=1S/C19H21N3O2/c1-20-19(22-11-9-15-4-2-3-5-16(15)22)21-10-8-14-6-7-17-18(12-14)24-13-23-17/h2-7,12H,8-11,13H2,1H3,(H,20,21). The van der Waals surface area contributed by atoms with Gasteiger partial charge >= 0.3 is 0 Å². The van der Waals surface area contributed by atoms with Crippen molar-refractivity contribution in [3.05, 3.63) is 53.6 Å². The van der Waals surface area contributed by atoms with Crippen LogP contribution in [-0.2, 0) is 12.8 Å². The smallest absolute Gasteiger partial charge is 0.231 e. The molecule has 2 aliphatic rings. The molecule has 0 fully saturated rings. The first-order chi connectivity index (χ1) is 11.8. The number of fused-ring (bicyclic) bond motifs is 2.